The van der Waals surface area contributed by atoms with Crippen LogP contribution in [0.25, 0.3) is 42.7 Å². The van der Waals surface area contributed by atoms with Crippen LogP contribution >= 0.6 is 11.3 Å². The van der Waals surface area contributed by atoms with Gasteiger partial charge in [0.2, 0.25) is 11.2 Å². The van der Waals surface area contributed by atoms with E-state index in [4.69, 9.17) is 0 Å². The Hall–Kier alpha value is -3.50. The zero-order valence-corrected chi connectivity index (χ0v) is 27.1. The average Bonchev–Trinajstić information content (AvgIpc) is 3.53. The molecule has 0 N–H and O–H groups in total. The number of benzene rings is 3. The minimum Gasteiger partial charge on any atom is -0.156 e. The molecule has 2 aromatic heterocycles. The second-order valence-electron chi connectivity index (χ2n) is 14.0. The van der Waals surface area contributed by atoms with Gasteiger partial charge >= 0.3 is 5.79 Å². The summed E-state index contributed by atoms with van der Waals surface area (Å²) in [6.45, 7) is 21.4. The van der Waals surface area contributed by atoms with E-state index in [1.54, 1.807) is 0 Å². The van der Waals surface area contributed by atoms with Crippen molar-refractivity contribution < 1.29 is 9.14 Å². The molecule has 5 aromatic rings. The highest BCUT2D eigenvalue weighted by atomic mass is 32.1. The van der Waals surface area contributed by atoms with Crippen molar-refractivity contribution in [1.82, 2.24) is 4.90 Å². The maximum absolute atomic E-state index is 2.74. The standard InChI is InChI=1S/C38H41N3S/c1-21(2)36-39(22(3)4)38(40(36)23(5)6)28-19-18-27-33(35-34(37(27,8)9)26-15-11-13-17-31(26)42-35)32(28)30-20-24(7)25-14-10-12-16-29(25)41(30)38/h10-23H,1-9H3/q+2. The molecule has 4 heteroatoms. The Morgan fingerprint density at radius 2 is 1.45 bits per heavy atom. The van der Waals surface area contributed by atoms with Crippen molar-refractivity contribution >= 4 is 38.2 Å². The lowest BCUT2D eigenvalue weighted by molar-refractivity contribution is -0.955. The number of para-hydroxylation sites is 1. The summed E-state index contributed by atoms with van der Waals surface area (Å²) in [6.07, 6.45) is 0. The lowest BCUT2D eigenvalue weighted by Gasteiger charge is -2.46. The molecule has 0 saturated carbocycles. The third-order valence-electron chi connectivity index (χ3n) is 10.1. The minimum absolute atomic E-state index is 0.0594. The van der Waals surface area contributed by atoms with Gasteiger partial charge in [0.15, 0.2) is 0 Å². The van der Waals surface area contributed by atoms with E-state index in [1.807, 2.05) is 11.3 Å². The fourth-order valence-electron chi connectivity index (χ4n) is 8.79. The topological polar surface area (TPSA) is 10.1 Å². The number of rotatable bonds is 3. The number of aromatic nitrogens is 1. The van der Waals surface area contributed by atoms with Crippen LogP contribution in [0.1, 0.15) is 77.6 Å². The van der Waals surface area contributed by atoms with Crippen LogP contribution < -0.4 is 4.57 Å². The van der Waals surface area contributed by atoms with Gasteiger partial charge in [-0.2, -0.15) is 9.48 Å². The second kappa shape index (κ2) is 8.32. The van der Waals surface area contributed by atoms with Gasteiger partial charge < -0.3 is 0 Å². The molecule has 3 nitrogen and oxygen atoms in total. The van der Waals surface area contributed by atoms with Gasteiger partial charge in [-0.25, -0.2) is 0 Å². The van der Waals surface area contributed by atoms with Gasteiger partial charge in [0.25, 0.3) is 5.84 Å². The number of aryl methyl sites for hydroxylation is 1. The summed E-state index contributed by atoms with van der Waals surface area (Å²) in [5, 5.41) is 2.74. The van der Waals surface area contributed by atoms with E-state index in [2.05, 4.69) is 143 Å². The Balaban J connectivity index is 1.60. The zero-order chi connectivity index (χ0) is 29.5. The van der Waals surface area contributed by atoms with Crippen molar-refractivity contribution in [2.75, 3.05) is 0 Å². The molecule has 3 aromatic carbocycles. The highest BCUT2D eigenvalue weighted by Gasteiger charge is 2.77. The first-order valence-electron chi connectivity index (χ1n) is 15.6. The number of amidine groups is 1. The lowest BCUT2D eigenvalue weighted by atomic mass is 9.80. The molecule has 1 spiro atoms. The molecular formula is C38H41N3S+2. The van der Waals surface area contributed by atoms with Gasteiger partial charge in [-0.15, -0.1) is 15.9 Å². The third-order valence-corrected chi connectivity index (χ3v) is 11.3. The van der Waals surface area contributed by atoms with Crippen LogP contribution in [0.3, 0.4) is 0 Å². The van der Waals surface area contributed by atoms with Crippen molar-refractivity contribution in [3.05, 3.63) is 89.0 Å². The van der Waals surface area contributed by atoms with E-state index in [-0.39, 0.29) is 5.41 Å². The number of hydrogen-bond acceptors (Lipinski definition) is 2. The van der Waals surface area contributed by atoms with Crippen molar-refractivity contribution in [2.24, 2.45) is 5.92 Å². The Morgan fingerprint density at radius 3 is 2.14 bits per heavy atom. The number of pyridine rings is 1. The summed E-state index contributed by atoms with van der Waals surface area (Å²) in [7, 11) is 0. The highest BCUT2D eigenvalue weighted by Crippen LogP contribution is 2.61. The normalized spacial score (nSPS) is 19.9. The smallest absolute Gasteiger partial charge is 0.156 e. The highest BCUT2D eigenvalue weighted by molar-refractivity contribution is 7.22. The quantitative estimate of drug-likeness (QED) is 0.197. The van der Waals surface area contributed by atoms with Crippen molar-refractivity contribution in [3.63, 3.8) is 0 Å². The Labute approximate surface area is 253 Å². The maximum atomic E-state index is 2.74. The molecule has 0 amide bonds. The zero-order valence-electron chi connectivity index (χ0n) is 26.3. The minimum atomic E-state index is -0.418. The van der Waals surface area contributed by atoms with E-state index >= 15 is 0 Å². The molecule has 1 atom stereocenters. The predicted octanol–water partition coefficient (Wildman–Crippen LogP) is 8.80. The summed E-state index contributed by atoms with van der Waals surface area (Å²) >= 11 is 1.98. The molecule has 0 radical (unpaired) electrons. The van der Waals surface area contributed by atoms with Gasteiger partial charge in [-0.1, -0.05) is 64.1 Å². The van der Waals surface area contributed by atoms with Gasteiger partial charge in [-0.3, -0.25) is 0 Å². The number of hydrogen-bond donors (Lipinski definition) is 0. The van der Waals surface area contributed by atoms with Crippen LogP contribution in [0.2, 0.25) is 0 Å². The van der Waals surface area contributed by atoms with Gasteiger partial charge in [0, 0.05) is 38.1 Å². The molecular weight excluding hydrogens is 531 g/mol. The van der Waals surface area contributed by atoms with Gasteiger partial charge in [0.1, 0.15) is 17.6 Å². The van der Waals surface area contributed by atoms with Crippen LogP contribution in [-0.2, 0) is 11.2 Å². The Kier molecular flexibility index (Phi) is 5.18. The van der Waals surface area contributed by atoms with Crippen molar-refractivity contribution in [3.8, 4) is 21.7 Å². The van der Waals surface area contributed by atoms with Gasteiger partial charge in [0.05, 0.1) is 11.5 Å². The first kappa shape index (κ1) is 26.2. The van der Waals surface area contributed by atoms with Crippen molar-refractivity contribution in [2.45, 2.75) is 85.6 Å². The molecule has 3 aliphatic rings. The van der Waals surface area contributed by atoms with Crippen molar-refractivity contribution in [1.29, 1.82) is 0 Å². The average molecular weight is 572 g/mol. The molecule has 0 bridgehead atoms. The molecule has 42 heavy (non-hydrogen) atoms. The monoisotopic (exact) mass is 571 g/mol. The largest absolute Gasteiger partial charge is 0.479 e. The van der Waals surface area contributed by atoms with Gasteiger partial charge in [-0.05, 0) is 74.9 Å². The maximum Gasteiger partial charge on any atom is 0.479 e. The molecule has 0 saturated heterocycles. The summed E-state index contributed by atoms with van der Waals surface area (Å²) in [6, 6.07) is 26.2. The van der Waals surface area contributed by atoms with E-state index in [0.717, 1.165) is 0 Å². The van der Waals surface area contributed by atoms with Crippen LogP contribution in [0.5, 0.6) is 0 Å². The number of nitrogens with zero attached hydrogens (tertiary/aromatic N) is 3. The molecule has 0 fully saturated rings. The Morgan fingerprint density at radius 1 is 0.786 bits per heavy atom. The first-order valence-corrected chi connectivity index (χ1v) is 16.5. The fourth-order valence-corrected chi connectivity index (χ4v) is 10.2. The summed E-state index contributed by atoms with van der Waals surface area (Å²) in [4.78, 5) is 4.20. The molecule has 1 unspecified atom stereocenters. The van der Waals surface area contributed by atoms with Crippen LogP contribution in [0.15, 0.2) is 66.7 Å². The van der Waals surface area contributed by atoms with E-state index in [9.17, 15) is 0 Å². The summed E-state index contributed by atoms with van der Waals surface area (Å²) in [5.41, 5.74) is 11.2. The molecule has 4 heterocycles. The number of thiophene rings is 1. The van der Waals surface area contributed by atoms with E-state index in [0.29, 0.717) is 18.0 Å². The molecule has 212 valence electrons. The third kappa shape index (κ3) is 2.83. The fraction of sp³-hybridized carbons (Fsp3) is 0.368. The Bertz CT molecular complexity index is 2020. The van der Waals surface area contributed by atoms with Crippen LogP contribution in [-0.4, -0.2) is 27.4 Å². The van der Waals surface area contributed by atoms with E-state index in [1.165, 1.54) is 70.8 Å². The predicted molar refractivity (Wildman–Crippen MR) is 177 cm³/mol. The molecule has 1 aliphatic carbocycles. The van der Waals surface area contributed by atoms with E-state index < -0.39 is 5.79 Å². The van der Waals surface area contributed by atoms with Crippen LogP contribution in [0, 0.1) is 12.8 Å². The first-order chi connectivity index (χ1) is 20.0. The molecule has 2 aliphatic heterocycles. The summed E-state index contributed by atoms with van der Waals surface area (Å²) < 4.78 is 6.85. The summed E-state index contributed by atoms with van der Waals surface area (Å²) in [5.74, 6) is 1.45. The number of fused-ring (bicyclic) bond motifs is 13. The molecule has 8 rings (SSSR count). The lowest BCUT2D eigenvalue weighted by Crippen LogP contribution is -2.83. The second-order valence-corrected chi connectivity index (χ2v) is 15.0. The van der Waals surface area contributed by atoms with Crippen LogP contribution in [0.4, 0.5) is 0 Å². The SMILES string of the molecule is Cc1cc2[n+](c3ccccc13)C1(c3ccc4c(c3-2)-c2sc3ccccc3c2C4(C)C)N(C(C)C)C(C(C)C)=[N+]1C(C)C.